The predicted molar refractivity (Wildman–Crippen MR) is 57.9 cm³/mol. The number of carboxylic acid groups (broad SMARTS) is 1. The number of likely N-dealkylation sites (N-methyl/N-ethyl adjacent to an activating group) is 1. The SMILES string of the molecule is CNC(C)(CC(C)N(C)CC(F)(F)F)C(=O)O. The molecule has 0 aromatic rings. The van der Waals surface area contributed by atoms with Crippen molar-refractivity contribution in [2.24, 2.45) is 0 Å². The van der Waals surface area contributed by atoms with E-state index in [0.29, 0.717) is 0 Å². The lowest BCUT2D eigenvalue weighted by Gasteiger charge is -2.32. The average molecular weight is 256 g/mol. The number of carbonyl (C=O) groups is 1. The summed E-state index contributed by atoms with van der Waals surface area (Å²) in [7, 11) is 2.81. The Labute approximate surface area is 98.8 Å². The lowest BCUT2D eigenvalue weighted by molar-refractivity contribution is -0.150. The van der Waals surface area contributed by atoms with Crippen LogP contribution >= 0.6 is 0 Å². The van der Waals surface area contributed by atoms with Gasteiger partial charge in [-0.15, -0.1) is 0 Å². The topological polar surface area (TPSA) is 52.6 Å². The second kappa shape index (κ2) is 5.68. The summed E-state index contributed by atoms with van der Waals surface area (Å²) in [4.78, 5) is 12.1. The fourth-order valence-corrected chi connectivity index (χ4v) is 1.48. The lowest BCUT2D eigenvalue weighted by Crippen LogP contribution is -2.52. The number of rotatable bonds is 6. The van der Waals surface area contributed by atoms with Crippen LogP contribution < -0.4 is 5.32 Å². The number of nitrogens with one attached hydrogen (secondary N) is 1. The monoisotopic (exact) mass is 256 g/mol. The van der Waals surface area contributed by atoms with E-state index in [1.165, 1.54) is 21.0 Å². The van der Waals surface area contributed by atoms with E-state index in [1.807, 2.05) is 0 Å². The summed E-state index contributed by atoms with van der Waals surface area (Å²) in [6.07, 6.45) is -4.19. The standard InChI is InChI=1S/C10H19F3N2O2/c1-7(15(4)6-10(11,12)13)5-9(2,14-3)8(16)17/h7,14H,5-6H2,1-4H3,(H,16,17). The Morgan fingerprint density at radius 2 is 1.94 bits per heavy atom. The maximum Gasteiger partial charge on any atom is 0.401 e. The summed E-state index contributed by atoms with van der Waals surface area (Å²) < 4.78 is 36.5. The van der Waals surface area contributed by atoms with Gasteiger partial charge in [0, 0.05) is 6.04 Å². The molecule has 0 aliphatic heterocycles. The molecule has 0 saturated heterocycles. The quantitative estimate of drug-likeness (QED) is 0.752. The molecule has 0 amide bonds. The molecule has 2 unspecified atom stereocenters. The van der Waals surface area contributed by atoms with Crippen LogP contribution in [-0.2, 0) is 4.79 Å². The van der Waals surface area contributed by atoms with Gasteiger partial charge in [-0.2, -0.15) is 13.2 Å². The molecule has 2 N–H and O–H groups in total. The largest absolute Gasteiger partial charge is 0.480 e. The highest BCUT2D eigenvalue weighted by Gasteiger charge is 2.36. The Balaban J connectivity index is 4.52. The molecule has 0 aromatic carbocycles. The molecule has 0 spiro atoms. The zero-order valence-electron chi connectivity index (χ0n) is 10.4. The molecule has 0 rings (SSSR count). The van der Waals surface area contributed by atoms with Crippen molar-refractivity contribution in [3.05, 3.63) is 0 Å². The number of halogens is 3. The van der Waals surface area contributed by atoms with Crippen molar-refractivity contribution < 1.29 is 23.1 Å². The van der Waals surface area contributed by atoms with Gasteiger partial charge in [-0.25, -0.2) is 0 Å². The first-order chi connectivity index (χ1) is 7.52. The molecule has 4 nitrogen and oxygen atoms in total. The Morgan fingerprint density at radius 3 is 2.24 bits per heavy atom. The Morgan fingerprint density at radius 1 is 1.47 bits per heavy atom. The third kappa shape index (κ3) is 5.36. The fraction of sp³-hybridized carbons (Fsp3) is 0.900. The molecule has 0 aliphatic carbocycles. The Hall–Kier alpha value is -0.820. The van der Waals surface area contributed by atoms with Crippen LogP contribution in [0.25, 0.3) is 0 Å². The maximum atomic E-state index is 12.2. The summed E-state index contributed by atoms with van der Waals surface area (Å²) in [5, 5.41) is 11.6. The van der Waals surface area contributed by atoms with E-state index in [0.717, 1.165) is 4.90 Å². The van der Waals surface area contributed by atoms with Gasteiger partial charge in [0.2, 0.25) is 0 Å². The van der Waals surface area contributed by atoms with E-state index in [9.17, 15) is 18.0 Å². The van der Waals surface area contributed by atoms with E-state index in [-0.39, 0.29) is 6.42 Å². The van der Waals surface area contributed by atoms with Crippen LogP contribution in [0.2, 0.25) is 0 Å². The number of carboxylic acids is 1. The first-order valence-electron chi connectivity index (χ1n) is 5.21. The van der Waals surface area contributed by atoms with E-state index in [4.69, 9.17) is 5.11 Å². The summed E-state index contributed by atoms with van der Waals surface area (Å²) in [6, 6.07) is -0.495. The van der Waals surface area contributed by atoms with E-state index in [1.54, 1.807) is 6.92 Å². The molecule has 0 aromatic heterocycles. The second-order valence-corrected chi connectivity index (χ2v) is 4.47. The van der Waals surface area contributed by atoms with Crippen molar-refractivity contribution in [1.82, 2.24) is 10.2 Å². The van der Waals surface area contributed by atoms with Gasteiger partial charge in [-0.3, -0.25) is 9.69 Å². The van der Waals surface area contributed by atoms with Crippen molar-refractivity contribution in [3.8, 4) is 0 Å². The number of aliphatic carboxylic acids is 1. The number of nitrogens with zero attached hydrogens (tertiary/aromatic N) is 1. The molecule has 0 heterocycles. The van der Waals surface area contributed by atoms with Gasteiger partial charge in [0.05, 0.1) is 6.54 Å². The second-order valence-electron chi connectivity index (χ2n) is 4.47. The Bertz CT molecular complexity index is 271. The summed E-state index contributed by atoms with van der Waals surface area (Å²) in [5.41, 5.74) is -1.22. The van der Waals surface area contributed by atoms with Crippen LogP contribution in [-0.4, -0.2) is 54.4 Å². The number of hydrogen-bond donors (Lipinski definition) is 2. The van der Waals surface area contributed by atoms with Crippen LogP contribution in [0, 0.1) is 0 Å². The summed E-state index contributed by atoms with van der Waals surface area (Å²) >= 11 is 0. The number of alkyl halides is 3. The van der Waals surface area contributed by atoms with Gasteiger partial charge in [0.25, 0.3) is 0 Å². The molecule has 2 atom stereocenters. The van der Waals surface area contributed by atoms with Crippen LogP contribution in [0.5, 0.6) is 0 Å². The van der Waals surface area contributed by atoms with Gasteiger partial charge in [0.15, 0.2) is 0 Å². The molecule has 7 heteroatoms. The highest BCUT2D eigenvalue weighted by atomic mass is 19.4. The molecule has 102 valence electrons. The van der Waals surface area contributed by atoms with Crippen LogP contribution in [0.15, 0.2) is 0 Å². The Kier molecular flexibility index (Phi) is 5.41. The van der Waals surface area contributed by atoms with E-state index in [2.05, 4.69) is 5.32 Å². The summed E-state index contributed by atoms with van der Waals surface area (Å²) in [5.74, 6) is -1.08. The molecule has 0 aliphatic rings. The fourth-order valence-electron chi connectivity index (χ4n) is 1.48. The highest BCUT2D eigenvalue weighted by Crippen LogP contribution is 2.20. The van der Waals surface area contributed by atoms with Gasteiger partial charge in [0.1, 0.15) is 5.54 Å². The zero-order chi connectivity index (χ0) is 13.9. The predicted octanol–water partition coefficient (Wildman–Crippen LogP) is 1.32. The smallest absolute Gasteiger partial charge is 0.401 e. The van der Waals surface area contributed by atoms with Crippen molar-refractivity contribution in [3.63, 3.8) is 0 Å². The first-order valence-corrected chi connectivity index (χ1v) is 5.21. The molecule has 17 heavy (non-hydrogen) atoms. The van der Waals surface area contributed by atoms with Gasteiger partial charge < -0.3 is 10.4 Å². The minimum atomic E-state index is -4.28. The van der Waals surface area contributed by atoms with Crippen molar-refractivity contribution in [2.45, 2.75) is 38.0 Å². The van der Waals surface area contributed by atoms with Crippen molar-refractivity contribution >= 4 is 5.97 Å². The van der Waals surface area contributed by atoms with E-state index < -0.39 is 30.3 Å². The highest BCUT2D eigenvalue weighted by molar-refractivity contribution is 5.78. The molecule has 0 saturated carbocycles. The third-order valence-electron chi connectivity index (χ3n) is 2.91. The van der Waals surface area contributed by atoms with Gasteiger partial charge in [-0.05, 0) is 34.4 Å². The van der Waals surface area contributed by atoms with Gasteiger partial charge >= 0.3 is 12.1 Å². The number of hydrogen-bond acceptors (Lipinski definition) is 3. The normalized spacial score (nSPS) is 17.9. The van der Waals surface area contributed by atoms with Gasteiger partial charge in [-0.1, -0.05) is 0 Å². The minimum Gasteiger partial charge on any atom is -0.480 e. The van der Waals surface area contributed by atoms with Crippen molar-refractivity contribution in [1.29, 1.82) is 0 Å². The van der Waals surface area contributed by atoms with E-state index >= 15 is 0 Å². The zero-order valence-corrected chi connectivity index (χ0v) is 10.4. The van der Waals surface area contributed by atoms with Crippen LogP contribution in [0.4, 0.5) is 13.2 Å². The van der Waals surface area contributed by atoms with Crippen LogP contribution in [0.1, 0.15) is 20.3 Å². The maximum absolute atomic E-state index is 12.2. The minimum absolute atomic E-state index is 0.0887. The molecular weight excluding hydrogens is 237 g/mol. The van der Waals surface area contributed by atoms with Crippen molar-refractivity contribution in [2.75, 3.05) is 20.6 Å². The molecule has 0 radical (unpaired) electrons. The molecule has 0 fully saturated rings. The molecule has 0 bridgehead atoms. The average Bonchev–Trinajstić information content (AvgIpc) is 2.14. The first kappa shape index (κ1) is 16.2. The van der Waals surface area contributed by atoms with Crippen LogP contribution in [0.3, 0.4) is 0 Å². The lowest BCUT2D eigenvalue weighted by atomic mass is 9.93. The summed E-state index contributed by atoms with van der Waals surface area (Å²) in [6.45, 7) is 1.98. The third-order valence-corrected chi connectivity index (χ3v) is 2.91. The molecular formula is C10H19F3N2O2.